The van der Waals surface area contributed by atoms with Gasteiger partial charge in [0.05, 0.1) is 12.6 Å². The second kappa shape index (κ2) is 16.3. The Hall–Kier alpha value is -2.84. The molecule has 0 aromatic heterocycles. The molecule has 214 valence electrons. The molecule has 0 radical (unpaired) electrons. The zero-order chi connectivity index (χ0) is 28.0. The highest BCUT2D eigenvalue weighted by Crippen LogP contribution is 2.28. The van der Waals surface area contributed by atoms with Gasteiger partial charge in [-0.15, -0.1) is 6.58 Å². The summed E-state index contributed by atoms with van der Waals surface area (Å²) < 4.78 is 53.4. The normalized spacial score (nSPS) is 17.3. The van der Waals surface area contributed by atoms with Gasteiger partial charge in [0.25, 0.3) is 0 Å². The highest BCUT2D eigenvalue weighted by molar-refractivity contribution is 5.68. The third kappa shape index (κ3) is 10.3. The zero-order valence-corrected chi connectivity index (χ0v) is 22.9. The van der Waals surface area contributed by atoms with E-state index in [-0.39, 0.29) is 30.9 Å². The molecular weight excluding hydrogens is 505 g/mol. The summed E-state index contributed by atoms with van der Waals surface area (Å²) >= 11 is 0. The fourth-order valence-electron chi connectivity index (χ4n) is 4.94. The molecule has 1 aliphatic carbocycles. The summed E-state index contributed by atoms with van der Waals surface area (Å²) in [5.41, 5.74) is 0.741. The lowest BCUT2D eigenvalue weighted by atomic mass is 9.91. The molecule has 0 aliphatic heterocycles. The zero-order valence-electron chi connectivity index (χ0n) is 22.9. The molecule has 0 N–H and O–H groups in total. The average molecular weight is 547 g/mol. The number of carbonyl (C=O) groups is 1. The Morgan fingerprint density at radius 2 is 1.67 bits per heavy atom. The number of carbonyl (C=O) groups excluding carboxylic acids is 1. The number of likely N-dealkylation sites (N-methyl/N-ethyl adjacent to an activating group) is 1. The minimum Gasteiger partial charge on any atom is -0.445 e. The van der Waals surface area contributed by atoms with Crippen LogP contribution in [-0.4, -0.2) is 54.8 Å². The van der Waals surface area contributed by atoms with Crippen LogP contribution in [-0.2, 0) is 22.6 Å². The summed E-state index contributed by atoms with van der Waals surface area (Å²) in [7, 11) is 2.10. The molecule has 5 nitrogen and oxygen atoms in total. The molecule has 0 atom stereocenters. The van der Waals surface area contributed by atoms with E-state index < -0.39 is 23.5 Å². The predicted molar refractivity (Wildman–Crippen MR) is 147 cm³/mol. The van der Waals surface area contributed by atoms with Crippen LogP contribution in [0.3, 0.4) is 0 Å². The van der Waals surface area contributed by atoms with E-state index in [1.54, 1.807) is 0 Å². The molecule has 2 aromatic carbocycles. The molecule has 1 amide bonds. The molecule has 8 heteroatoms. The first kappa shape index (κ1) is 30.7. The van der Waals surface area contributed by atoms with Gasteiger partial charge in [0.1, 0.15) is 12.4 Å². The summed E-state index contributed by atoms with van der Waals surface area (Å²) in [4.78, 5) is 16.8. The lowest BCUT2D eigenvalue weighted by Crippen LogP contribution is -2.43. The van der Waals surface area contributed by atoms with E-state index in [1.165, 1.54) is 4.90 Å². The number of hydrogen-bond donors (Lipinski definition) is 0. The molecule has 0 bridgehead atoms. The smallest absolute Gasteiger partial charge is 0.410 e. The van der Waals surface area contributed by atoms with Gasteiger partial charge in [-0.25, -0.2) is 18.0 Å². The molecule has 1 aliphatic rings. The standard InChI is InChI=1S/C31H41F3N2O3/c1-3-17-35(2)18-9-4-5-10-19-38-27-15-13-26(14-16-27)36(22-25-20-29(33)30(34)21-28(25)32)31(37)39-23-24-11-7-6-8-12-24/h3,6-8,11-12,20-21,26-27H,1,4-5,9-10,13-19,22-23H2,2H3. The van der Waals surface area contributed by atoms with E-state index in [0.29, 0.717) is 25.5 Å². The Bertz CT molecular complexity index is 1030. The number of hydrogen-bond acceptors (Lipinski definition) is 4. The summed E-state index contributed by atoms with van der Waals surface area (Å²) in [5, 5.41) is 0. The van der Waals surface area contributed by atoms with Gasteiger partial charge in [0.15, 0.2) is 11.6 Å². The van der Waals surface area contributed by atoms with Crippen LogP contribution in [0, 0.1) is 17.5 Å². The third-order valence-electron chi connectivity index (χ3n) is 7.18. The van der Waals surface area contributed by atoms with Gasteiger partial charge in [0, 0.05) is 30.8 Å². The minimum atomic E-state index is -1.26. The summed E-state index contributed by atoms with van der Waals surface area (Å²) in [5.74, 6) is -3.30. The van der Waals surface area contributed by atoms with Crippen molar-refractivity contribution >= 4 is 6.09 Å². The van der Waals surface area contributed by atoms with Crippen LogP contribution in [0.4, 0.5) is 18.0 Å². The van der Waals surface area contributed by atoms with Crippen LogP contribution in [0.25, 0.3) is 0 Å². The van der Waals surface area contributed by atoms with Crippen molar-refractivity contribution in [2.45, 2.75) is 76.7 Å². The van der Waals surface area contributed by atoms with Gasteiger partial charge in [-0.3, -0.25) is 0 Å². The number of ether oxygens (including phenoxy) is 2. The number of nitrogens with zero attached hydrogens (tertiary/aromatic N) is 2. The van der Waals surface area contributed by atoms with Crippen LogP contribution < -0.4 is 0 Å². The second-order valence-electron chi connectivity index (χ2n) is 10.3. The van der Waals surface area contributed by atoms with Gasteiger partial charge >= 0.3 is 6.09 Å². The first-order valence-electron chi connectivity index (χ1n) is 13.9. The van der Waals surface area contributed by atoms with Crippen LogP contribution in [0.2, 0.25) is 0 Å². The van der Waals surface area contributed by atoms with Crippen LogP contribution in [0.5, 0.6) is 0 Å². The lowest BCUT2D eigenvalue weighted by Gasteiger charge is -2.36. The number of unbranched alkanes of at least 4 members (excludes halogenated alkanes) is 3. The maximum Gasteiger partial charge on any atom is 0.410 e. The number of halogens is 3. The van der Waals surface area contributed by atoms with Gasteiger partial charge in [-0.1, -0.05) is 49.2 Å². The Morgan fingerprint density at radius 1 is 0.974 bits per heavy atom. The quantitative estimate of drug-likeness (QED) is 0.134. The van der Waals surface area contributed by atoms with Crippen LogP contribution in [0.15, 0.2) is 55.1 Å². The number of benzene rings is 2. The Morgan fingerprint density at radius 3 is 2.38 bits per heavy atom. The van der Waals surface area contributed by atoms with Gasteiger partial charge < -0.3 is 19.3 Å². The predicted octanol–water partition coefficient (Wildman–Crippen LogP) is 7.25. The van der Waals surface area contributed by atoms with Crippen molar-refractivity contribution in [1.82, 2.24) is 9.80 Å². The Labute approximate surface area is 230 Å². The highest BCUT2D eigenvalue weighted by Gasteiger charge is 2.31. The molecule has 0 saturated heterocycles. The van der Waals surface area contributed by atoms with Crippen LogP contribution >= 0.6 is 0 Å². The fraction of sp³-hybridized carbons (Fsp3) is 0.516. The SMILES string of the molecule is C=CCN(C)CCCCCCOC1CCC(N(Cc2cc(F)c(F)cc2F)C(=O)OCc2ccccc2)CC1. The van der Waals surface area contributed by atoms with Crippen molar-refractivity contribution in [3.05, 3.63) is 83.7 Å². The van der Waals surface area contributed by atoms with E-state index in [9.17, 15) is 18.0 Å². The number of rotatable bonds is 15. The monoisotopic (exact) mass is 546 g/mol. The summed E-state index contributed by atoms with van der Waals surface area (Å²) in [6.45, 7) is 6.31. The minimum absolute atomic E-state index is 0.0689. The topological polar surface area (TPSA) is 42.0 Å². The molecule has 1 saturated carbocycles. The molecule has 0 spiro atoms. The lowest BCUT2D eigenvalue weighted by molar-refractivity contribution is 0.00179. The van der Waals surface area contributed by atoms with E-state index in [2.05, 4.69) is 18.5 Å². The molecular formula is C31H41F3N2O3. The van der Waals surface area contributed by atoms with Crippen molar-refractivity contribution in [3.8, 4) is 0 Å². The largest absolute Gasteiger partial charge is 0.445 e. The molecule has 0 heterocycles. The first-order valence-corrected chi connectivity index (χ1v) is 13.9. The maximum atomic E-state index is 14.4. The van der Waals surface area contributed by atoms with Crippen molar-refractivity contribution in [1.29, 1.82) is 0 Å². The van der Waals surface area contributed by atoms with Crippen molar-refractivity contribution in [3.63, 3.8) is 0 Å². The van der Waals surface area contributed by atoms with Gasteiger partial charge in [-0.2, -0.15) is 0 Å². The Kier molecular flexibility index (Phi) is 12.8. The first-order chi connectivity index (χ1) is 18.9. The highest BCUT2D eigenvalue weighted by atomic mass is 19.2. The Balaban J connectivity index is 1.49. The van der Waals surface area contributed by atoms with Gasteiger partial charge in [-0.05, 0) is 63.7 Å². The maximum absolute atomic E-state index is 14.4. The van der Waals surface area contributed by atoms with Crippen molar-refractivity contribution in [2.24, 2.45) is 0 Å². The van der Waals surface area contributed by atoms with E-state index in [1.807, 2.05) is 36.4 Å². The molecule has 39 heavy (non-hydrogen) atoms. The van der Waals surface area contributed by atoms with Gasteiger partial charge in [0.2, 0.25) is 0 Å². The van der Waals surface area contributed by atoms with Crippen molar-refractivity contribution < 1.29 is 27.4 Å². The third-order valence-corrected chi connectivity index (χ3v) is 7.18. The molecule has 2 aromatic rings. The molecule has 0 unspecified atom stereocenters. The molecule has 1 fully saturated rings. The molecule has 3 rings (SSSR count). The van der Waals surface area contributed by atoms with E-state index in [0.717, 1.165) is 63.2 Å². The van der Waals surface area contributed by atoms with E-state index >= 15 is 0 Å². The van der Waals surface area contributed by atoms with Crippen LogP contribution in [0.1, 0.15) is 62.5 Å². The fourth-order valence-corrected chi connectivity index (χ4v) is 4.94. The average Bonchev–Trinajstić information content (AvgIpc) is 2.93. The van der Waals surface area contributed by atoms with Crippen molar-refractivity contribution in [2.75, 3.05) is 26.7 Å². The summed E-state index contributed by atoms with van der Waals surface area (Å²) in [6.07, 6.45) is 8.72. The summed E-state index contributed by atoms with van der Waals surface area (Å²) in [6, 6.07) is 10.4. The van der Waals surface area contributed by atoms with E-state index in [4.69, 9.17) is 9.47 Å². The number of amides is 1. The second-order valence-corrected chi connectivity index (χ2v) is 10.3.